The molecule has 0 aliphatic heterocycles. The van der Waals surface area contributed by atoms with Crippen molar-refractivity contribution in [3.05, 3.63) is 41.0 Å². The number of aromatic nitrogens is 1. The second-order valence-electron chi connectivity index (χ2n) is 3.14. The zero-order valence-corrected chi connectivity index (χ0v) is 8.30. The third-order valence-corrected chi connectivity index (χ3v) is 2.19. The Morgan fingerprint density at radius 2 is 2.20 bits per heavy atom. The number of benzene rings is 1. The molecule has 15 heavy (non-hydrogen) atoms. The van der Waals surface area contributed by atoms with Gasteiger partial charge in [-0.3, -0.25) is 0 Å². The normalized spacial score (nSPS) is 10.2. The van der Waals surface area contributed by atoms with Crippen molar-refractivity contribution in [2.45, 2.75) is 13.3 Å². The average Bonchev–Trinajstić information content (AvgIpc) is 2.77. The number of nitrogens with zero attached hydrogens (tertiary/aromatic N) is 2. The molecule has 1 aromatic carbocycles. The van der Waals surface area contributed by atoms with Crippen molar-refractivity contribution in [3.8, 4) is 11.3 Å². The van der Waals surface area contributed by atoms with Crippen LogP contribution < -0.4 is 0 Å². The van der Waals surface area contributed by atoms with Gasteiger partial charge in [-0.1, -0.05) is 30.3 Å². The van der Waals surface area contributed by atoms with Gasteiger partial charge < -0.3 is 4.52 Å². The van der Waals surface area contributed by atoms with Gasteiger partial charge >= 0.3 is 0 Å². The molecule has 4 nitrogen and oxygen atoms in total. The van der Waals surface area contributed by atoms with E-state index in [1.165, 1.54) is 0 Å². The largest absolute Gasteiger partial charge is 0.361 e. The fraction of sp³-hybridized carbons (Fsp3) is 0.182. The number of rotatable bonds is 3. The third kappa shape index (κ3) is 1.79. The fourth-order valence-electron chi connectivity index (χ4n) is 1.38. The van der Waals surface area contributed by atoms with Crippen LogP contribution in [-0.4, -0.2) is 5.16 Å². The first-order chi connectivity index (χ1) is 7.35. The van der Waals surface area contributed by atoms with E-state index in [2.05, 4.69) is 10.3 Å². The summed E-state index contributed by atoms with van der Waals surface area (Å²) in [6.07, 6.45) is 0.781. The molecule has 0 saturated heterocycles. The van der Waals surface area contributed by atoms with Crippen LogP contribution in [0, 0.1) is 4.91 Å². The Bertz CT molecular complexity index is 477. The predicted octanol–water partition coefficient (Wildman–Crippen LogP) is 3.30. The highest BCUT2D eigenvalue weighted by Gasteiger charge is 2.09. The quantitative estimate of drug-likeness (QED) is 0.717. The summed E-state index contributed by atoms with van der Waals surface area (Å²) in [7, 11) is 0. The molecule has 1 aromatic heterocycles. The molecular formula is C11H10N2O2. The molecule has 76 valence electrons. The van der Waals surface area contributed by atoms with Gasteiger partial charge in [0.1, 0.15) is 17.1 Å². The van der Waals surface area contributed by atoms with E-state index in [0.29, 0.717) is 16.9 Å². The highest BCUT2D eigenvalue weighted by Crippen LogP contribution is 2.29. The first kappa shape index (κ1) is 9.58. The van der Waals surface area contributed by atoms with Crippen molar-refractivity contribution in [1.82, 2.24) is 5.16 Å². The molecule has 0 unspecified atom stereocenters. The molecular weight excluding hydrogens is 192 g/mol. The number of aryl methyl sites for hydroxylation is 1. The second-order valence-corrected chi connectivity index (χ2v) is 3.14. The minimum absolute atomic E-state index is 0.383. The first-order valence-electron chi connectivity index (χ1n) is 4.73. The van der Waals surface area contributed by atoms with Gasteiger partial charge in [-0.05, 0) is 11.2 Å². The van der Waals surface area contributed by atoms with Gasteiger partial charge in [0.05, 0.1) is 0 Å². The summed E-state index contributed by atoms with van der Waals surface area (Å²) in [6, 6.07) is 8.88. The van der Waals surface area contributed by atoms with Gasteiger partial charge in [0.2, 0.25) is 0 Å². The van der Waals surface area contributed by atoms with Gasteiger partial charge in [-0.15, -0.1) is 4.91 Å². The first-order valence-corrected chi connectivity index (χ1v) is 4.73. The molecule has 1 heterocycles. The maximum absolute atomic E-state index is 10.6. The summed E-state index contributed by atoms with van der Waals surface area (Å²) in [4.78, 5) is 10.6. The van der Waals surface area contributed by atoms with Crippen LogP contribution in [0.3, 0.4) is 0 Å². The SMILES string of the molecule is CCc1cc(-c2ccccc2N=O)no1. The van der Waals surface area contributed by atoms with Crippen molar-refractivity contribution in [1.29, 1.82) is 0 Å². The molecule has 2 aromatic rings. The van der Waals surface area contributed by atoms with Gasteiger partial charge in [0.25, 0.3) is 0 Å². The molecule has 2 rings (SSSR count). The lowest BCUT2D eigenvalue weighted by Crippen LogP contribution is -1.77. The molecule has 0 spiro atoms. The van der Waals surface area contributed by atoms with Crippen LogP contribution in [0.4, 0.5) is 5.69 Å². The van der Waals surface area contributed by atoms with Crippen LogP contribution in [0.25, 0.3) is 11.3 Å². The standard InChI is InChI=1S/C11H10N2O2/c1-2-8-7-11(13-15-8)9-5-3-4-6-10(9)12-14/h3-7H,2H2,1H3. The molecule has 0 aliphatic carbocycles. The van der Waals surface area contributed by atoms with Crippen LogP contribution in [-0.2, 0) is 6.42 Å². The zero-order chi connectivity index (χ0) is 10.7. The van der Waals surface area contributed by atoms with Crippen LogP contribution >= 0.6 is 0 Å². The summed E-state index contributed by atoms with van der Waals surface area (Å²) in [5.41, 5.74) is 1.74. The Balaban J connectivity index is 2.48. The average molecular weight is 202 g/mol. The Morgan fingerprint density at radius 3 is 2.87 bits per heavy atom. The molecule has 0 N–H and O–H groups in total. The summed E-state index contributed by atoms with van der Waals surface area (Å²) >= 11 is 0. The van der Waals surface area contributed by atoms with Crippen molar-refractivity contribution < 1.29 is 4.52 Å². The van der Waals surface area contributed by atoms with E-state index < -0.39 is 0 Å². The summed E-state index contributed by atoms with van der Waals surface area (Å²) in [5, 5.41) is 6.84. The van der Waals surface area contributed by atoms with Crippen molar-refractivity contribution in [2.24, 2.45) is 5.18 Å². The van der Waals surface area contributed by atoms with Gasteiger partial charge in [-0.2, -0.15) is 0 Å². The minimum Gasteiger partial charge on any atom is -0.361 e. The molecule has 0 aliphatic rings. The zero-order valence-electron chi connectivity index (χ0n) is 8.30. The van der Waals surface area contributed by atoms with E-state index in [-0.39, 0.29) is 0 Å². The van der Waals surface area contributed by atoms with Crippen LogP contribution in [0.15, 0.2) is 40.0 Å². The molecule has 0 saturated carbocycles. The molecule has 0 fully saturated rings. The van der Waals surface area contributed by atoms with Gasteiger partial charge in [-0.25, -0.2) is 0 Å². The van der Waals surface area contributed by atoms with E-state index in [9.17, 15) is 4.91 Å². The third-order valence-electron chi connectivity index (χ3n) is 2.19. The van der Waals surface area contributed by atoms with Crippen molar-refractivity contribution in [2.75, 3.05) is 0 Å². The van der Waals surface area contributed by atoms with E-state index in [0.717, 1.165) is 12.2 Å². The molecule has 0 bridgehead atoms. The van der Waals surface area contributed by atoms with E-state index in [1.807, 2.05) is 19.1 Å². The van der Waals surface area contributed by atoms with Gasteiger partial charge in [0, 0.05) is 18.1 Å². The lowest BCUT2D eigenvalue weighted by Gasteiger charge is -1.96. The summed E-state index contributed by atoms with van der Waals surface area (Å²) < 4.78 is 5.07. The number of hydrogen-bond donors (Lipinski definition) is 0. The maximum atomic E-state index is 10.6. The highest BCUT2D eigenvalue weighted by atomic mass is 16.5. The van der Waals surface area contributed by atoms with E-state index in [4.69, 9.17) is 4.52 Å². The second kappa shape index (κ2) is 4.04. The minimum atomic E-state index is 0.383. The smallest absolute Gasteiger partial charge is 0.137 e. The Morgan fingerprint density at radius 1 is 1.40 bits per heavy atom. The van der Waals surface area contributed by atoms with Crippen molar-refractivity contribution >= 4 is 5.69 Å². The number of hydrogen-bond acceptors (Lipinski definition) is 4. The monoisotopic (exact) mass is 202 g/mol. The van der Waals surface area contributed by atoms with Gasteiger partial charge in [0.15, 0.2) is 0 Å². The summed E-state index contributed by atoms with van der Waals surface area (Å²) in [5.74, 6) is 0.797. The predicted molar refractivity (Wildman–Crippen MR) is 56.8 cm³/mol. The lowest BCUT2D eigenvalue weighted by molar-refractivity contribution is 0.389. The Labute approximate surface area is 86.9 Å². The topological polar surface area (TPSA) is 55.5 Å². The number of nitroso groups, excluding NO2 is 1. The molecule has 0 atom stereocenters. The molecule has 0 radical (unpaired) electrons. The highest BCUT2D eigenvalue weighted by molar-refractivity contribution is 5.72. The maximum Gasteiger partial charge on any atom is 0.137 e. The van der Waals surface area contributed by atoms with Crippen molar-refractivity contribution in [3.63, 3.8) is 0 Å². The van der Waals surface area contributed by atoms with Crippen LogP contribution in [0.2, 0.25) is 0 Å². The Hall–Kier alpha value is -1.97. The van der Waals surface area contributed by atoms with Crippen LogP contribution in [0.5, 0.6) is 0 Å². The molecule has 4 heteroatoms. The van der Waals surface area contributed by atoms with E-state index >= 15 is 0 Å². The van der Waals surface area contributed by atoms with Crippen LogP contribution in [0.1, 0.15) is 12.7 Å². The summed E-state index contributed by atoms with van der Waals surface area (Å²) in [6.45, 7) is 1.98. The Kier molecular flexibility index (Phi) is 2.58. The molecule has 0 amide bonds. The fourth-order valence-corrected chi connectivity index (χ4v) is 1.38. The lowest BCUT2D eigenvalue weighted by atomic mass is 10.1. The van der Waals surface area contributed by atoms with E-state index in [1.54, 1.807) is 18.2 Å².